The van der Waals surface area contributed by atoms with E-state index in [2.05, 4.69) is 4.99 Å². The number of alkyl halides is 1. The number of aliphatic hydroxyl groups excluding tert-OH is 2. The third-order valence-electron chi connectivity index (χ3n) is 3.20. The molecule has 92 valence electrons. The van der Waals surface area contributed by atoms with E-state index in [4.69, 9.17) is 4.74 Å². The maximum Gasteiger partial charge on any atom is 0.287 e. The van der Waals surface area contributed by atoms with Gasteiger partial charge in [-0.25, -0.2) is 4.99 Å². The number of hydrogen-bond acceptors (Lipinski definition) is 5. The Balaban J connectivity index is 2.14. The van der Waals surface area contributed by atoms with Gasteiger partial charge in [0.2, 0.25) is 0 Å². The van der Waals surface area contributed by atoms with Crippen LogP contribution in [-0.2, 0) is 4.74 Å². The summed E-state index contributed by atoms with van der Waals surface area (Å²) in [5.74, 6) is -0.562. The molecule has 2 aliphatic rings. The van der Waals surface area contributed by atoms with E-state index in [0.717, 1.165) is 0 Å². The average molecular weight is 232 g/mol. The van der Waals surface area contributed by atoms with Crippen molar-refractivity contribution in [2.24, 2.45) is 10.9 Å². The van der Waals surface area contributed by atoms with Crippen LogP contribution < -0.4 is 0 Å². The van der Waals surface area contributed by atoms with Crippen molar-refractivity contribution in [3.63, 3.8) is 0 Å². The number of amidine groups is 1. The second kappa shape index (κ2) is 4.18. The summed E-state index contributed by atoms with van der Waals surface area (Å²) in [5.41, 5.74) is 0. The summed E-state index contributed by atoms with van der Waals surface area (Å²) in [6.07, 6.45) is -2.03. The van der Waals surface area contributed by atoms with E-state index in [0.29, 0.717) is 12.4 Å². The Hall–Kier alpha value is -0.880. The summed E-state index contributed by atoms with van der Waals surface area (Å²) < 4.78 is 18.2. The van der Waals surface area contributed by atoms with Crippen LogP contribution in [-0.4, -0.2) is 66.3 Å². The largest absolute Gasteiger partial charge is 0.459 e. The molecule has 0 spiro atoms. The predicted octanol–water partition coefficient (Wildman–Crippen LogP) is -0.617. The third kappa shape index (κ3) is 1.76. The Morgan fingerprint density at radius 1 is 1.44 bits per heavy atom. The molecule has 5 nitrogen and oxygen atoms in total. The van der Waals surface area contributed by atoms with Gasteiger partial charge < -0.3 is 19.8 Å². The molecule has 0 saturated heterocycles. The molecule has 0 aromatic carbocycles. The van der Waals surface area contributed by atoms with Crippen molar-refractivity contribution in [2.45, 2.75) is 30.8 Å². The number of ether oxygens (including phenoxy) is 1. The quantitative estimate of drug-likeness (QED) is 0.632. The zero-order valence-corrected chi connectivity index (χ0v) is 9.38. The Morgan fingerprint density at radius 3 is 2.69 bits per heavy atom. The fourth-order valence-corrected chi connectivity index (χ4v) is 2.22. The maximum atomic E-state index is 12.6. The molecule has 0 aromatic heterocycles. The zero-order valence-electron chi connectivity index (χ0n) is 9.38. The van der Waals surface area contributed by atoms with Crippen LogP contribution >= 0.6 is 0 Å². The van der Waals surface area contributed by atoms with E-state index < -0.39 is 30.8 Å². The minimum atomic E-state index is -1.06. The highest BCUT2D eigenvalue weighted by atomic mass is 19.1. The van der Waals surface area contributed by atoms with Gasteiger partial charge in [0.05, 0.1) is 12.8 Å². The Morgan fingerprint density at radius 2 is 2.12 bits per heavy atom. The van der Waals surface area contributed by atoms with Gasteiger partial charge in [-0.3, -0.25) is 4.39 Å². The summed E-state index contributed by atoms with van der Waals surface area (Å²) in [5, 5.41) is 19.5. The van der Waals surface area contributed by atoms with Gasteiger partial charge in [-0.05, 0) is 6.42 Å². The number of rotatable bonds is 1. The van der Waals surface area contributed by atoms with Gasteiger partial charge in [-0.2, -0.15) is 0 Å². The lowest BCUT2D eigenvalue weighted by Crippen LogP contribution is -2.52. The number of aliphatic imine (C=N–C) groups is 1. The molecule has 1 aliphatic heterocycles. The van der Waals surface area contributed by atoms with E-state index >= 15 is 0 Å². The Kier molecular flexibility index (Phi) is 3.03. The number of nitrogens with zero attached hydrogens (tertiary/aromatic N) is 2. The van der Waals surface area contributed by atoms with Crippen LogP contribution in [0.15, 0.2) is 4.99 Å². The molecule has 1 aliphatic carbocycles. The Labute approximate surface area is 93.5 Å². The molecule has 1 heterocycles. The minimum Gasteiger partial charge on any atom is -0.459 e. The van der Waals surface area contributed by atoms with Crippen molar-refractivity contribution in [3.8, 4) is 0 Å². The van der Waals surface area contributed by atoms with Crippen LogP contribution in [0.3, 0.4) is 0 Å². The fraction of sp³-hybridized carbons (Fsp3) is 0.900. The third-order valence-corrected chi connectivity index (χ3v) is 3.20. The average Bonchev–Trinajstić information content (AvgIpc) is 2.67. The van der Waals surface area contributed by atoms with Crippen LogP contribution in [0.5, 0.6) is 0 Å². The molecular formula is C10H17FN2O3. The first kappa shape index (κ1) is 11.6. The smallest absolute Gasteiger partial charge is 0.287 e. The number of hydrogen-bond donors (Lipinski definition) is 2. The second-order valence-electron chi connectivity index (χ2n) is 4.58. The summed E-state index contributed by atoms with van der Waals surface area (Å²) in [6.45, 7) is -0.651. The topological polar surface area (TPSA) is 65.3 Å². The van der Waals surface area contributed by atoms with Gasteiger partial charge in [-0.15, -0.1) is 0 Å². The van der Waals surface area contributed by atoms with Crippen LogP contribution in [0.1, 0.15) is 6.42 Å². The summed E-state index contributed by atoms with van der Waals surface area (Å²) in [6, 6.07) is -0.0454. The van der Waals surface area contributed by atoms with Crippen LogP contribution in [0, 0.1) is 5.92 Å². The van der Waals surface area contributed by atoms with Gasteiger partial charge in [0, 0.05) is 20.0 Å². The molecule has 0 unspecified atom stereocenters. The zero-order chi connectivity index (χ0) is 11.9. The lowest BCUT2D eigenvalue weighted by atomic mass is 9.80. The van der Waals surface area contributed by atoms with E-state index in [-0.39, 0.29) is 6.10 Å². The van der Waals surface area contributed by atoms with Gasteiger partial charge in [0.25, 0.3) is 6.02 Å². The molecule has 2 N–H and O–H groups in total. The van der Waals surface area contributed by atoms with Crippen molar-refractivity contribution in [1.29, 1.82) is 0 Å². The highest BCUT2D eigenvalue weighted by Gasteiger charge is 2.48. The SMILES string of the molecule is CN(C)C1=N[C@@H]2[C@@H](O)[C@H](O)[C@@H](CF)C[C@@H]2O1. The second-order valence-corrected chi connectivity index (χ2v) is 4.58. The lowest BCUT2D eigenvalue weighted by molar-refractivity contribution is -0.0888. The van der Waals surface area contributed by atoms with Gasteiger partial charge in [-0.1, -0.05) is 0 Å². The molecule has 0 radical (unpaired) electrons. The van der Waals surface area contributed by atoms with Gasteiger partial charge in [0.15, 0.2) is 0 Å². The van der Waals surface area contributed by atoms with Gasteiger partial charge >= 0.3 is 0 Å². The Bertz CT molecular complexity index is 298. The van der Waals surface area contributed by atoms with Crippen molar-refractivity contribution < 1.29 is 19.3 Å². The first-order chi connectivity index (χ1) is 7.54. The van der Waals surface area contributed by atoms with E-state index in [9.17, 15) is 14.6 Å². The number of aliphatic hydroxyl groups is 2. The molecule has 0 aromatic rings. The predicted molar refractivity (Wildman–Crippen MR) is 55.9 cm³/mol. The maximum absolute atomic E-state index is 12.6. The normalized spacial score (nSPS) is 42.3. The number of fused-ring (bicyclic) bond motifs is 1. The molecule has 5 atom stereocenters. The first-order valence-electron chi connectivity index (χ1n) is 5.38. The standard InChI is InChI=1S/C10H17FN2O3/c1-13(2)10-12-7-6(16-10)3-5(4-11)8(14)9(7)15/h5-9,14-15H,3-4H2,1-2H3/t5-,6+,7+,8-,9-/m1/s1. The molecule has 1 saturated carbocycles. The van der Waals surface area contributed by atoms with Crippen molar-refractivity contribution in [2.75, 3.05) is 20.8 Å². The summed E-state index contributed by atoms with van der Waals surface area (Å²) in [7, 11) is 3.57. The fourth-order valence-electron chi connectivity index (χ4n) is 2.22. The summed E-state index contributed by atoms with van der Waals surface area (Å²) >= 11 is 0. The molecule has 2 rings (SSSR count). The molecule has 16 heavy (non-hydrogen) atoms. The lowest BCUT2D eigenvalue weighted by Gasteiger charge is -2.36. The highest BCUT2D eigenvalue weighted by molar-refractivity contribution is 5.75. The number of halogens is 1. The van der Waals surface area contributed by atoms with Crippen molar-refractivity contribution >= 4 is 6.02 Å². The van der Waals surface area contributed by atoms with E-state index in [1.54, 1.807) is 19.0 Å². The minimum absolute atomic E-state index is 0.323. The van der Waals surface area contributed by atoms with Gasteiger partial charge in [0.1, 0.15) is 18.2 Å². The van der Waals surface area contributed by atoms with Crippen molar-refractivity contribution in [3.05, 3.63) is 0 Å². The molecule has 6 heteroatoms. The van der Waals surface area contributed by atoms with Crippen LogP contribution in [0.25, 0.3) is 0 Å². The molecule has 0 bridgehead atoms. The van der Waals surface area contributed by atoms with E-state index in [1.165, 1.54) is 0 Å². The van der Waals surface area contributed by atoms with E-state index in [1.807, 2.05) is 0 Å². The molecular weight excluding hydrogens is 215 g/mol. The molecule has 0 amide bonds. The first-order valence-corrected chi connectivity index (χ1v) is 5.38. The van der Waals surface area contributed by atoms with Crippen LogP contribution in [0.4, 0.5) is 4.39 Å². The summed E-state index contributed by atoms with van der Waals surface area (Å²) in [4.78, 5) is 5.89. The van der Waals surface area contributed by atoms with Crippen LogP contribution in [0.2, 0.25) is 0 Å². The molecule has 1 fully saturated rings. The van der Waals surface area contributed by atoms with Crippen molar-refractivity contribution in [1.82, 2.24) is 4.90 Å². The highest BCUT2D eigenvalue weighted by Crippen LogP contribution is 2.33. The monoisotopic (exact) mass is 232 g/mol.